The molecule has 1 aromatic carbocycles. The number of amides is 3. The Morgan fingerprint density at radius 1 is 1.23 bits per heavy atom. The maximum absolute atomic E-state index is 12.2. The number of carbonyl (C=O) groups is 2. The molecule has 0 bridgehead atoms. The standard InChI is InChI=1S/C19H26N4O3/c1-4-26-17-8-7-14(12-16(17)23-9-5-6-10-23)21-19(25)22-15(18(20)24)11-13(2)3/h5-10,12-13,15H,4,11H2,1-3H3,(H2,20,24)(H2,21,22,25)/t15-/m0/s1. The fourth-order valence-corrected chi connectivity index (χ4v) is 2.61. The number of hydrogen-bond acceptors (Lipinski definition) is 3. The van der Waals surface area contributed by atoms with Crippen LogP contribution in [0.2, 0.25) is 0 Å². The molecule has 2 aromatic rings. The van der Waals surface area contributed by atoms with Gasteiger partial charge in [0.1, 0.15) is 11.8 Å². The number of primary amides is 1. The average Bonchev–Trinajstić information content (AvgIpc) is 3.09. The van der Waals surface area contributed by atoms with Crippen molar-refractivity contribution in [3.05, 3.63) is 42.7 Å². The predicted molar refractivity (Wildman–Crippen MR) is 102 cm³/mol. The van der Waals surface area contributed by atoms with Gasteiger partial charge in [0.15, 0.2) is 0 Å². The lowest BCUT2D eigenvalue weighted by molar-refractivity contribution is -0.120. The molecule has 0 unspecified atom stereocenters. The maximum Gasteiger partial charge on any atom is 0.319 e. The van der Waals surface area contributed by atoms with Gasteiger partial charge in [0.2, 0.25) is 5.91 Å². The van der Waals surface area contributed by atoms with Gasteiger partial charge in [-0.1, -0.05) is 13.8 Å². The van der Waals surface area contributed by atoms with Crippen molar-refractivity contribution in [1.29, 1.82) is 0 Å². The Kier molecular flexibility index (Phi) is 6.66. The van der Waals surface area contributed by atoms with E-state index < -0.39 is 18.0 Å². The Morgan fingerprint density at radius 3 is 2.50 bits per heavy atom. The predicted octanol–water partition coefficient (Wildman–Crippen LogP) is 2.90. The number of nitrogens with two attached hydrogens (primary N) is 1. The minimum Gasteiger partial charge on any atom is -0.492 e. The van der Waals surface area contributed by atoms with Gasteiger partial charge in [-0.3, -0.25) is 4.79 Å². The van der Waals surface area contributed by atoms with Gasteiger partial charge in [0.25, 0.3) is 0 Å². The molecule has 0 saturated carbocycles. The normalized spacial score (nSPS) is 11.8. The summed E-state index contributed by atoms with van der Waals surface area (Å²) in [4.78, 5) is 23.8. The monoisotopic (exact) mass is 358 g/mol. The average molecular weight is 358 g/mol. The molecular formula is C19H26N4O3. The smallest absolute Gasteiger partial charge is 0.319 e. The van der Waals surface area contributed by atoms with E-state index in [1.54, 1.807) is 12.1 Å². The van der Waals surface area contributed by atoms with Crippen molar-refractivity contribution >= 4 is 17.6 Å². The van der Waals surface area contributed by atoms with Crippen LogP contribution in [0.1, 0.15) is 27.2 Å². The molecule has 1 atom stereocenters. The molecule has 1 aromatic heterocycles. The van der Waals surface area contributed by atoms with E-state index in [1.807, 2.05) is 55.9 Å². The van der Waals surface area contributed by atoms with Crippen LogP contribution in [0.3, 0.4) is 0 Å². The second-order valence-corrected chi connectivity index (χ2v) is 6.39. The van der Waals surface area contributed by atoms with E-state index in [0.717, 1.165) is 5.69 Å². The quantitative estimate of drug-likeness (QED) is 0.676. The van der Waals surface area contributed by atoms with Crippen LogP contribution in [0, 0.1) is 5.92 Å². The number of nitrogens with zero attached hydrogens (tertiary/aromatic N) is 1. The van der Waals surface area contributed by atoms with Crippen LogP contribution >= 0.6 is 0 Å². The lowest BCUT2D eigenvalue weighted by Gasteiger charge is -2.18. The van der Waals surface area contributed by atoms with Gasteiger partial charge in [-0.25, -0.2) is 4.79 Å². The summed E-state index contributed by atoms with van der Waals surface area (Å²) in [5.74, 6) is 0.400. The minimum absolute atomic E-state index is 0.235. The second-order valence-electron chi connectivity index (χ2n) is 6.39. The first-order valence-electron chi connectivity index (χ1n) is 8.67. The van der Waals surface area contributed by atoms with Gasteiger partial charge in [0, 0.05) is 18.1 Å². The van der Waals surface area contributed by atoms with Gasteiger partial charge in [-0.05, 0) is 49.6 Å². The van der Waals surface area contributed by atoms with E-state index in [0.29, 0.717) is 24.5 Å². The highest BCUT2D eigenvalue weighted by Gasteiger charge is 2.19. The van der Waals surface area contributed by atoms with E-state index in [2.05, 4.69) is 10.6 Å². The highest BCUT2D eigenvalue weighted by atomic mass is 16.5. The largest absolute Gasteiger partial charge is 0.492 e. The van der Waals surface area contributed by atoms with E-state index in [9.17, 15) is 9.59 Å². The zero-order valence-electron chi connectivity index (χ0n) is 15.4. The summed E-state index contributed by atoms with van der Waals surface area (Å²) in [7, 11) is 0. The molecule has 7 heteroatoms. The Morgan fingerprint density at radius 2 is 1.92 bits per heavy atom. The molecule has 3 amide bonds. The van der Waals surface area contributed by atoms with Crippen molar-refractivity contribution in [2.75, 3.05) is 11.9 Å². The van der Waals surface area contributed by atoms with Crippen molar-refractivity contribution in [2.45, 2.75) is 33.2 Å². The second kappa shape index (κ2) is 8.94. The summed E-state index contributed by atoms with van der Waals surface area (Å²) in [5, 5.41) is 5.37. The molecule has 4 N–H and O–H groups in total. The maximum atomic E-state index is 12.2. The molecule has 0 aliphatic carbocycles. The molecule has 2 rings (SSSR count). The third-order valence-electron chi connectivity index (χ3n) is 3.76. The van der Waals surface area contributed by atoms with Crippen LogP contribution in [-0.4, -0.2) is 29.2 Å². The third kappa shape index (κ3) is 5.27. The van der Waals surface area contributed by atoms with E-state index in [-0.39, 0.29) is 5.92 Å². The molecule has 0 radical (unpaired) electrons. The van der Waals surface area contributed by atoms with E-state index >= 15 is 0 Å². The first-order valence-corrected chi connectivity index (χ1v) is 8.67. The Bertz CT molecular complexity index is 741. The summed E-state index contributed by atoms with van der Waals surface area (Å²) in [6.07, 6.45) is 4.28. The van der Waals surface area contributed by atoms with Crippen LogP contribution in [0.15, 0.2) is 42.7 Å². The van der Waals surface area contributed by atoms with Crippen molar-refractivity contribution in [3.63, 3.8) is 0 Å². The molecule has 7 nitrogen and oxygen atoms in total. The number of anilines is 1. The van der Waals surface area contributed by atoms with Crippen molar-refractivity contribution in [1.82, 2.24) is 9.88 Å². The van der Waals surface area contributed by atoms with Crippen LogP contribution in [0.4, 0.5) is 10.5 Å². The molecule has 0 saturated heterocycles. The van der Waals surface area contributed by atoms with Crippen molar-refractivity contribution in [2.24, 2.45) is 11.7 Å². The fraction of sp³-hybridized carbons (Fsp3) is 0.368. The fourth-order valence-electron chi connectivity index (χ4n) is 2.61. The third-order valence-corrected chi connectivity index (χ3v) is 3.76. The molecule has 1 heterocycles. The molecule has 140 valence electrons. The number of carbonyl (C=O) groups excluding carboxylic acids is 2. The summed E-state index contributed by atoms with van der Waals surface area (Å²) in [6, 6.07) is 8.00. The lowest BCUT2D eigenvalue weighted by atomic mass is 10.0. The summed E-state index contributed by atoms with van der Waals surface area (Å²) < 4.78 is 7.55. The SMILES string of the molecule is CCOc1ccc(NC(=O)N[C@@H](CC(C)C)C(N)=O)cc1-n1cccc1. The lowest BCUT2D eigenvalue weighted by Crippen LogP contribution is -2.46. The first-order chi connectivity index (χ1) is 12.4. The van der Waals surface area contributed by atoms with Crippen LogP contribution in [0.5, 0.6) is 5.75 Å². The topological polar surface area (TPSA) is 98.4 Å². The van der Waals surface area contributed by atoms with Crippen molar-refractivity contribution in [3.8, 4) is 11.4 Å². The Labute approximate surface area is 153 Å². The van der Waals surface area contributed by atoms with Gasteiger partial charge in [-0.2, -0.15) is 0 Å². The van der Waals surface area contributed by atoms with E-state index in [4.69, 9.17) is 10.5 Å². The number of ether oxygens (including phenoxy) is 1. The Balaban J connectivity index is 2.15. The van der Waals surface area contributed by atoms with Gasteiger partial charge < -0.3 is 25.7 Å². The highest BCUT2D eigenvalue weighted by molar-refractivity contribution is 5.93. The van der Waals surface area contributed by atoms with Gasteiger partial charge in [-0.15, -0.1) is 0 Å². The highest BCUT2D eigenvalue weighted by Crippen LogP contribution is 2.27. The molecule has 0 aliphatic rings. The summed E-state index contributed by atoms with van der Waals surface area (Å²) in [6.45, 7) is 6.38. The summed E-state index contributed by atoms with van der Waals surface area (Å²) >= 11 is 0. The molecular weight excluding hydrogens is 332 g/mol. The Hall–Kier alpha value is -2.96. The van der Waals surface area contributed by atoms with Crippen LogP contribution in [-0.2, 0) is 4.79 Å². The number of urea groups is 1. The summed E-state index contributed by atoms with van der Waals surface area (Å²) in [5.41, 5.74) is 6.76. The first kappa shape index (κ1) is 19.4. The number of aromatic nitrogens is 1. The van der Waals surface area contributed by atoms with E-state index in [1.165, 1.54) is 0 Å². The number of benzene rings is 1. The van der Waals surface area contributed by atoms with Crippen molar-refractivity contribution < 1.29 is 14.3 Å². The molecule has 0 spiro atoms. The minimum atomic E-state index is -0.707. The number of nitrogens with one attached hydrogen (secondary N) is 2. The zero-order chi connectivity index (χ0) is 19.1. The van der Waals surface area contributed by atoms with Crippen LogP contribution < -0.4 is 21.1 Å². The molecule has 26 heavy (non-hydrogen) atoms. The van der Waals surface area contributed by atoms with Gasteiger partial charge in [0.05, 0.1) is 12.3 Å². The molecule has 0 aliphatic heterocycles. The molecule has 0 fully saturated rings. The number of rotatable bonds is 8. The zero-order valence-corrected chi connectivity index (χ0v) is 15.4. The van der Waals surface area contributed by atoms with Crippen LogP contribution in [0.25, 0.3) is 5.69 Å². The number of hydrogen-bond donors (Lipinski definition) is 3. The van der Waals surface area contributed by atoms with Gasteiger partial charge >= 0.3 is 6.03 Å².